The van der Waals surface area contributed by atoms with Gasteiger partial charge in [-0.25, -0.2) is 0 Å². The summed E-state index contributed by atoms with van der Waals surface area (Å²) in [4.78, 5) is 2.42. The van der Waals surface area contributed by atoms with Crippen molar-refractivity contribution in [2.45, 2.75) is 47.0 Å². The van der Waals surface area contributed by atoms with Crippen molar-refractivity contribution in [1.82, 2.24) is 0 Å². The maximum Gasteiger partial charge on any atom is 0.0369 e. The molecule has 0 aromatic heterocycles. The molecule has 1 heteroatoms. The Bertz CT molecular complexity index is 636. The molecule has 0 fully saturated rings. The predicted octanol–water partition coefficient (Wildman–Crippen LogP) is 5.87. The fourth-order valence-corrected chi connectivity index (χ4v) is 3.48. The lowest BCUT2D eigenvalue weighted by Crippen LogP contribution is -2.22. The average molecular weight is 295 g/mol. The summed E-state index contributed by atoms with van der Waals surface area (Å²) < 4.78 is 0. The molecule has 1 nitrogen and oxygen atoms in total. The van der Waals surface area contributed by atoms with Crippen LogP contribution in [0.1, 0.15) is 52.7 Å². The lowest BCUT2D eigenvalue weighted by Gasteiger charge is -2.25. The molecule has 0 N–H and O–H groups in total. The second-order valence-corrected chi connectivity index (χ2v) is 6.07. The minimum atomic E-state index is 0.106. The SMILES string of the molecule is CC.CCN(CC)c1ccc2c(c1)C(C)(C)c1ccccc1-2. The van der Waals surface area contributed by atoms with E-state index in [1.165, 1.54) is 27.9 Å². The number of benzene rings is 2. The van der Waals surface area contributed by atoms with Gasteiger partial charge in [0, 0.05) is 24.2 Å². The van der Waals surface area contributed by atoms with E-state index < -0.39 is 0 Å². The summed E-state index contributed by atoms with van der Waals surface area (Å²) in [6, 6.07) is 15.8. The van der Waals surface area contributed by atoms with Gasteiger partial charge in [0.25, 0.3) is 0 Å². The van der Waals surface area contributed by atoms with Gasteiger partial charge in [-0.3, -0.25) is 0 Å². The molecule has 0 saturated heterocycles. The summed E-state index contributed by atoms with van der Waals surface area (Å²) in [7, 11) is 0. The minimum Gasteiger partial charge on any atom is -0.372 e. The van der Waals surface area contributed by atoms with Gasteiger partial charge in [-0.15, -0.1) is 0 Å². The van der Waals surface area contributed by atoms with Crippen molar-refractivity contribution in [3.63, 3.8) is 0 Å². The van der Waals surface area contributed by atoms with Crippen LogP contribution in [0.15, 0.2) is 42.5 Å². The van der Waals surface area contributed by atoms with Crippen LogP contribution in [0.2, 0.25) is 0 Å². The molecule has 3 rings (SSSR count). The molecule has 0 saturated carbocycles. The minimum absolute atomic E-state index is 0.106. The molecule has 0 spiro atoms. The van der Waals surface area contributed by atoms with Gasteiger partial charge in [0.05, 0.1) is 0 Å². The maximum absolute atomic E-state index is 2.42. The van der Waals surface area contributed by atoms with Crippen LogP contribution in [0.25, 0.3) is 11.1 Å². The van der Waals surface area contributed by atoms with E-state index >= 15 is 0 Å². The average Bonchev–Trinajstić information content (AvgIpc) is 2.79. The first-order valence-corrected chi connectivity index (χ1v) is 8.59. The van der Waals surface area contributed by atoms with Gasteiger partial charge in [0.1, 0.15) is 0 Å². The molecule has 0 aliphatic heterocycles. The molecule has 0 heterocycles. The Morgan fingerprint density at radius 1 is 0.818 bits per heavy atom. The molecule has 22 heavy (non-hydrogen) atoms. The second-order valence-electron chi connectivity index (χ2n) is 6.07. The fourth-order valence-electron chi connectivity index (χ4n) is 3.48. The Morgan fingerprint density at radius 3 is 2.05 bits per heavy atom. The number of anilines is 1. The third-order valence-electron chi connectivity index (χ3n) is 4.70. The zero-order chi connectivity index (χ0) is 16.3. The van der Waals surface area contributed by atoms with Gasteiger partial charge >= 0.3 is 0 Å². The highest BCUT2D eigenvalue weighted by atomic mass is 15.1. The number of fused-ring (bicyclic) bond motifs is 3. The van der Waals surface area contributed by atoms with Crippen molar-refractivity contribution in [2.24, 2.45) is 0 Å². The number of hydrogen-bond acceptors (Lipinski definition) is 1. The third kappa shape index (κ3) is 2.54. The standard InChI is InChI=1S/C19H23N.C2H6/c1-5-20(6-2)14-11-12-16-15-9-7-8-10-17(15)19(3,4)18(16)13-14;1-2/h7-13H,5-6H2,1-4H3;1-2H3. The molecular weight excluding hydrogens is 266 g/mol. The van der Waals surface area contributed by atoms with Gasteiger partial charge in [-0.05, 0) is 48.2 Å². The van der Waals surface area contributed by atoms with Crippen LogP contribution >= 0.6 is 0 Å². The lowest BCUT2D eigenvalue weighted by atomic mass is 9.82. The van der Waals surface area contributed by atoms with Crippen molar-refractivity contribution in [2.75, 3.05) is 18.0 Å². The number of rotatable bonds is 3. The highest BCUT2D eigenvalue weighted by Crippen LogP contribution is 2.49. The summed E-state index contributed by atoms with van der Waals surface area (Å²) in [5.41, 5.74) is 7.17. The summed E-state index contributed by atoms with van der Waals surface area (Å²) in [5, 5.41) is 0. The third-order valence-corrected chi connectivity index (χ3v) is 4.70. The van der Waals surface area contributed by atoms with Crippen LogP contribution in [0.4, 0.5) is 5.69 Å². The van der Waals surface area contributed by atoms with E-state index in [-0.39, 0.29) is 5.41 Å². The Kier molecular flexibility index (Phi) is 4.95. The topological polar surface area (TPSA) is 3.24 Å². The van der Waals surface area contributed by atoms with Crippen LogP contribution in [0.5, 0.6) is 0 Å². The van der Waals surface area contributed by atoms with Crippen molar-refractivity contribution in [3.05, 3.63) is 53.6 Å². The Hall–Kier alpha value is -1.76. The lowest BCUT2D eigenvalue weighted by molar-refractivity contribution is 0.659. The molecule has 0 bridgehead atoms. The first-order valence-electron chi connectivity index (χ1n) is 8.59. The van der Waals surface area contributed by atoms with Gasteiger partial charge < -0.3 is 4.90 Å². The molecule has 118 valence electrons. The Labute approximate surface area is 136 Å². The highest BCUT2D eigenvalue weighted by molar-refractivity contribution is 5.82. The van der Waals surface area contributed by atoms with Gasteiger partial charge in [-0.2, -0.15) is 0 Å². The van der Waals surface area contributed by atoms with E-state index in [2.05, 4.69) is 75.1 Å². The van der Waals surface area contributed by atoms with Crippen LogP contribution in [-0.4, -0.2) is 13.1 Å². The van der Waals surface area contributed by atoms with Crippen LogP contribution in [0.3, 0.4) is 0 Å². The summed E-state index contributed by atoms with van der Waals surface area (Å²) in [6.07, 6.45) is 0. The molecule has 0 amide bonds. The Morgan fingerprint density at radius 2 is 1.41 bits per heavy atom. The fraction of sp³-hybridized carbons (Fsp3) is 0.429. The van der Waals surface area contributed by atoms with E-state index in [0.29, 0.717) is 0 Å². The summed E-state index contributed by atoms with van der Waals surface area (Å²) in [6.45, 7) is 15.2. The summed E-state index contributed by atoms with van der Waals surface area (Å²) in [5.74, 6) is 0. The molecule has 0 atom stereocenters. The second kappa shape index (κ2) is 6.56. The zero-order valence-corrected chi connectivity index (χ0v) is 14.9. The number of hydrogen-bond donors (Lipinski definition) is 0. The quantitative estimate of drug-likeness (QED) is 0.685. The Balaban J connectivity index is 0.000000847. The monoisotopic (exact) mass is 295 g/mol. The molecule has 0 radical (unpaired) electrons. The van der Waals surface area contributed by atoms with Crippen molar-refractivity contribution in [3.8, 4) is 11.1 Å². The van der Waals surface area contributed by atoms with E-state index in [1.54, 1.807) is 0 Å². The smallest absolute Gasteiger partial charge is 0.0369 e. The molecular formula is C21H29N. The molecule has 2 aromatic rings. The van der Waals surface area contributed by atoms with Crippen molar-refractivity contribution >= 4 is 5.69 Å². The van der Waals surface area contributed by atoms with Crippen LogP contribution < -0.4 is 4.90 Å². The zero-order valence-electron chi connectivity index (χ0n) is 14.9. The first kappa shape index (κ1) is 16.6. The van der Waals surface area contributed by atoms with E-state index in [4.69, 9.17) is 0 Å². The maximum atomic E-state index is 2.42. The van der Waals surface area contributed by atoms with Gasteiger partial charge in [-0.1, -0.05) is 58.0 Å². The largest absolute Gasteiger partial charge is 0.372 e. The van der Waals surface area contributed by atoms with E-state index in [1.807, 2.05) is 13.8 Å². The number of nitrogens with zero attached hydrogens (tertiary/aromatic N) is 1. The summed E-state index contributed by atoms with van der Waals surface area (Å²) >= 11 is 0. The van der Waals surface area contributed by atoms with E-state index in [9.17, 15) is 0 Å². The van der Waals surface area contributed by atoms with E-state index in [0.717, 1.165) is 13.1 Å². The van der Waals surface area contributed by atoms with Crippen LogP contribution in [-0.2, 0) is 5.41 Å². The normalized spacial score (nSPS) is 13.7. The van der Waals surface area contributed by atoms with Crippen LogP contribution in [0, 0.1) is 0 Å². The van der Waals surface area contributed by atoms with Gasteiger partial charge in [0.2, 0.25) is 0 Å². The van der Waals surface area contributed by atoms with Crippen molar-refractivity contribution < 1.29 is 0 Å². The first-order chi connectivity index (χ1) is 10.6. The molecule has 1 aliphatic rings. The molecule has 1 aliphatic carbocycles. The van der Waals surface area contributed by atoms with Crippen molar-refractivity contribution in [1.29, 1.82) is 0 Å². The highest BCUT2D eigenvalue weighted by Gasteiger charge is 2.35. The molecule has 0 unspecified atom stereocenters. The van der Waals surface area contributed by atoms with Gasteiger partial charge in [0.15, 0.2) is 0 Å². The predicted molar refractivity (Wildman–Crippen MR) is 98.9 cm³/mol. The molecule has 2 aromatic carbocycles.